The van der Waals surface area contributed by atoms with Gasteiger partial charge in [-0.15, -0.1) is 0 Å². The quantitative estimate of drug-likeness (QED) is 0.185. The van der Waals surface area contributed by atoms with Crippen molar-refractivity contribution < 1.29 is 14.3 Å². The molecule has 0 radical (unpaired) electrons. The maximum Gasteiger partial charge on any atom is 0.270 e. The Labute approximate surface area is 239 Å². The number of hydrogen-bond acceptors (Lipinski definition) is 5. The van der Waals surface area contributed by atoms with Gasteiger partial charge in [0.25, 0.3) is 5.91 Å². The van der Waals surface area contributed by atoms with Crippen LogP contribution in [0.3, 0.4) is 0 Å². The molecule has 0 aliphatic carbocycles. The van der Waals surface area contributed by atoms with Crippen LogP contribution in [0.1, 0.15) is 18.1 Å². The summed E-state index contributed by atoms with van der Waals surface area (Å²) in [5, 5.41) is 1.08. The minimum atomic E-state index is -0.172. The largest absolute Gasteiger partial charge is 0.490 e. The Kier molecular flexibility index (Phi) is 8.84. The summed E-state index contributed by atoms with van der Waals surface area (Å²) in [5.41, 5.74) is 2.29. The third kappa shape index (κ3) is 6.24. The Morgan fingerprint density at radius 1 is 1.06 bits per heavy atom. The van der Waals surface area contributed by atoms with Crippen molar-refractivity contribution in [1.29, 1.82) is 0 Å². The van der Waals surface area contributed by atoms with Crippen LogP contribution in [0.5, 0.6) is 11.5 Å². The van der Waals surface area contributed by atoms with E-state index < -0.39 is 0 Å². The van der Waals surface area contributed by atoms with Gasteiger partial charge in [-0.05, 0) is 83.0 Å². The van der Waals surface area contributed by atoms with E-state index >= 15 is 0 Å². The van der Waals surface area contributed by atoms with Gasteiger partial charge in [-0.3, -0.25) is 9.69 Å². The minimum Gasteiger partial charge on any atom is -0.490 e. The fraction of sp³-hybridized carbons (Fsp3) is 0.120. The van der Waals surface area contributed by atoms with Gasteiger partial charge < -0.3 is 9.47 Å². The number of carbonyl (C=O) groups excluding carboxylic acids is 1. The lowest BCUT2D eigenvalue weighted by Crippen LogP contribution is -2.27. The van der Waals surface area contributed by atoms with E-state index in [0.29, 0.717) is 41.8 Å². The molecule has 4 rings (SSSR count). The molecule has 1 aliphatic heterocycles. The molecule has 0 unspecified atom stereocenters. The molecule has 1 saturated heterocycles. The maximum atomic E-state index is 13.1. The van der Waals surface area contributed by atoms with Crippen LogP contribution in [0.4, 0.5) is 5.69 Å². The molecule has 0 bridgehead atoms. The van der Waals surface area contributed by atoms with E-state index in [1.54, 1.807) is 18.2 Å². The fourth-order valence-electron chi connectivity index (χ4n) is 3.29. The number of anilines is 1. The zero-order valence-electron chi connectivity index (χ0n) is 18.2. The van der Waals surface area contributed by atoms with E-state index in [1.165, 1.54) is 16.7 Å². The van der Waals surface area contributed by atoms with Gasteiger partial charge in [-0.2, -0.15) is 0 Å². The van der Waals surface area contributed by atoms with E-state index in [1.807, 2.05) is 49.4 Å². The number of amides is 1. The molecule has 1 fully saturated rings. The van der Waals surface area contributed by atoms with Crippen molar-refractivity contribution in [2.24, 2.45) is 0 Å². The first-order valence-electron chi connectivity index (χ1n) is 10.3. The summed E-state index contributed by atoms with van der Waals surface area (Å²) in [5.74, 6) is 0.910. The van der Waals surface area contributed by atoms with Crippen LogP contribution < -0.4 is 14.4 Å². The van der Waals surface area contributed by atoms with Crippen molar-refractivity contribution in [3.8, 4) is 11.5 Å². The predicted molar refractivity (Wildman–Crippen MR) is 156 cm³/mol. The third-order valence-electron chi connectivity index (χ3n) is 4.90. The second kappa shape index (κ2) is 11.7. The van der Waals surface area contributed by atoms with Gasteiger partial charge in [-0.25, -0.2) is 0 Å². The molecule has 10 heteroatoms. The molecule has 0 spiro atoms. The number of halogens is 4. The highest BCUT2D eigenvalue weighted by atomic mass is 79.9. The second-order valence-electron chi connectivity index (χ2n) is 7.28. The third-order valence-corrected chi connectivity index (χ3v) is 7.90. The van der Waals surface area contributed by atoms with Crippen LogP contribution in [-0.4, -0.2) is 16.8 Å². The van der Waals surface area contributed by atoms with Gasteiger partial charge in [0.15, 0.2) is 15.8 Å². The first-order valence-corrected chi connectivity index (χ1v) is 13.9. The van der Waals surface area contributed by atoms with Crippen molar-refractivity contribution in [3.05, 3.63) is 89.6 Å². The molecular formula is C25H17Br2Cl2NO3S2. The number of benzene rings is 3. The van der Waals surface area contributed by atoms with Gasteiger partial charge >= 0.3 is 0 Å². The van der Waals surface area contributed by atoms with E-state index in [9.17, 15) is 4.79 Å². The van der Waals surface area contributed by atoms with Gasteiger partial charge in [0, 0.05) is 20.1 Å². The zero-order valence-corrected chi connectivity index (χ0v) is 24.5. The zero-order chi connectivity index (χ0) is 25.1. The van der Waals surface area contributed by atoms with Crippen LogP contribution in [0.25, 0.3) is 6.08 Å². The van der Waals surface area contributed by atoms with Crippen molar-refractivity contribution in [2.45, 2.75) is 13.5 Å². The topological polar surface area (TPSA) is 38.8 Å². The monoisotopic (exact) mass is 671 g/mol. The number of nitrogens with zero attached hydrogens (tertiary/aromatic N) is 1. The summed E-state index contributed by atoms with van der Waals surface area (Å²) in [6.45, 7) is 2.57. The van der Waals surface area contributed by atoms with Crippen molar-refractivity contribution in [3.63, 3.8) is 0 Å². The molecule has 3 aromatic rings. The van der Waals surface area contributed by atoms with Crippen molar-refractivity contribution >= 4 is 101 Å². The summed E-state index contributed by atoms with van der Waals surface area (Å²) in [7, 11) is 0. The van der Waals surface area contributed by atoms with E-state index in [2.05, 4.69) is 31.9 Å². The Hall–Kier alpha value is -1.55. The maximum absolute atomic E-state index is 13.1. The van der Waals surface area contributed by atoms with Crippen LogP contribution in [0.15, 0.2) is 68.4 Å². The molecule has 0 saturated carbocycles. The fourth-order valence-corrected chi connectivity index (χ4v) is 5.90. The Morgan fingerprint density at radius 3 is 2.49 bits per heavy atom. The van der Waals surface area contributed by atoms with Crippen LogP contribution in [0, 0.1) is 0 Å². The van der Waals surface area contributed by atoms with Crippen LogP contribution >= 0.6 is 79.0 Å². The average molecular weight is 674 g/mol. The summed E-state index contributed by atoms with van der Waals surface area (Å²) < 4.78 is 14.0. The predicted octanol–water partition coefficient (Wildman–Crippen LogP) is 8.90. The number of rotatable bonds is 7. The minimum absolute atomic E-state index is 0.172. The average Bonchev–Trinajstić information content (AvgIpc) is 3.08. The van der Waals surface area contributed by atoms with Crippen molar-refractivity contribution in [1.82, 2.24) is 0 Å². The number of hydrogen-bond donors (Lipinski definition) is 0. The molecule has 0 aromatic heterocycles. The smallest absolute Gasteiger partial charge is 0.270 e. The summed E-state index contributed by atoms with van der Waals surface area (Å²) in [6.07, 6.45) is 1.80. The molecule has 1 heterocycles. The molecule has 4 nitrogen and oxygen atoms in total. The molecule has 3 aromatic carbocycles. The first-order chi connectivity index (χ1) is 16.8. The standard InChI is InChI=1S/C25H17Br2Cl2NO3S2/c1-2-32-21-10-14(9-19(27)23(21)33-13-15-3-6-17(28)12-20(15)29)11-22-24(31)30(25(34)35-22)18-7-4-16(26)5-8-18/h3-12H,2,13H2,1H3/b22-11-. The lowest BCUT2D eigenvalue weighted by atomic mass is 10.1. The van der Waals surface area contributed by atoms with Gasteiger partial charge in [0.05, 0.1) is 21.7 Å². The Balaban J connectivity index is 1.60. The number of carbonyl (C=O) groups is 1. The van der Waals surface area contributed by atoms with Crippen LogP contribution in [0.2, 0.25) is 10.0 Å². The normalized spacial score (nSPS) is 14.7. The molecule has 0 atom stereocenters. The molecule has 180 valence electrons. The van der Waals surface area contributed by atoms with Gasteiger partial charge in [0.2, 0.25) is 0 Å². The first kappa shape index (κ1) is 26.5. The number of ether oxygens (including phenoxy) is 2. The second-order valence-corrected chi connectivity index (χ2v) is 11.6. The molecule has 35 heavy (non-hydrogen) atoms. The molecule has 1 aliphatic rings. The summed E-state index contributed by atoms with van der Waals surface area (Å²) in [6, 6.07) is 16.4. The summed E-state index contributed by atoms with van der Waals surface area (Å²) >= 11 is 26.0. The lowest BCUT2D eigenvalue weighted by molar-refractivity contribution is -0.113. The molecule has 0 N–H and O–H groups in total. The Bertz CT molecular complexity index is 1330. The van der Waals surface area contributed by atoms with Gasteiger partial charge in [-0.1, -0.05) is 69.2 Å². The highest BCUT2D eigenvalue weighted by Gasteiger charge is 2.33. The van der Waals surface area contributed by atoms with E-state index in [0.717, 1.165) is 21.3 Å². The number of thiocarbonyl (C=S) groups is 1. The van der Waals surface area contributed by atoms with E-state index in [-0.39, 0.29) is 12.5 Å². The highest BCUT2D eigenvalue weighted by molar-refractivity contribution is 9.10. The molecular weight excluding hydrogens is 657 g/mol. The van der Waals surface area contributed by atoms with Crippen LogP contribution in [-0.2, 0) is 11.4 Å². The lowest BCUT2D eigenvalue weighted by Gasteiger charge is -2.16. The Morgan fingerprint density at radius 2 is 1.80 bits per heavy atom. The molecule has 1 amide bonds. The van der Waals surface area contributed by atoms with Crippen molar-refractivity contribution in [2.75, 3.05) is 11.5 Å². The SMILES string of the molecule is CCOc1cc(/C=C2\SC(=S)N(c3ccc(Br)cc3)C2=O)cc(Br)c1OCc1ccc(Cl)cc1Cl. The van der Waals surface area contributed by atoms with E-state index in [4.69, 9.17) is 44.9 Å². The number of thioether (sulfide) groups is 1. The van der Waals surface area contributed by atoms with Gasteiger partial charge in [0.1, 0.15) is 6.61 Å². The summed E-state index contributed by atoms with van der Waals surface area (Å²) in [4.78, 5) is 15.2. The highest BCUT2D eigenvalue weighted by Crippen LogP contribution is 2.41.